The highest BCUT2D eigenvalue weighted by molar-refractivity contribution is 6.11. The summed E-state index contributed by atoms with van der Waals surface area (Å²) < 4.78 is 17.4. The third-order valence-electron chi connectivity index (χ3n) is 5.37. The van der Waals surface area contributed by atoms with Crippen LogP contribution in [0.15, 0.2) is 85.5 Å². The van der Waals surface area contributed by atoms with Crippen LogP contribution in [0.25, 0.3) is 0 Å². The first kappa shape index (κ1) is 18.8. The molecule has 4 nitrogen and oxygen atoms in total. The molecule has 3 aromatic rings. The number of hydrogen-bond donors (Lipinski definition) is 0. The van der Waals surface area contributed by atoms with Gasteiger partial charge in [-0.25, -0.2) is 0 Å². The second kappa shape index (κ2) is 7.47. The van der Waals surface area contributed by atoms with Crippen molar-refractivity contribution in [2.45, 2.75) is 11.5 Å². The number of ether oxygens (including phenoxy) is 3. The molecular weight excluding hydrogens is 364 g/mol. The molecule has 0 N–H and O–H groups in total. The van der Waals surface area contributed by atoms with E-state index in [2.05, 4.69) is 6.58 Å². The third-order valence-corrected chi connectivity index (χ3v) is 5.37. The molecule has 1 aliphatic rings. The molecular formula is C25H22O4. The van der Waals surface area contributed by atoms with Crippen molar-refractivity contribution in [1.82, 2.24) is 0 Å². The van der Waals surface area contributed by atoms with E-state index in [0.29, 0.717) is 22.8 Å². The van der Waals surface area contributed by atoms with Crippen molar-refractivity contribution >= 4 is 5.78 Å². The summed E-state index contributed by atoms with van der Waals surface area (Å²) in [7, 11) is 3.10. The number of ketones is 1. The predicted molar refractivity (Wildman–Crippen MR) is 112 cm³/mol. The molecule has 1 heterocycles. The molecule has 0 radical (unpaired) electrons. The lowest BCUT2D eigenvalue weighted by molar-refractivity contribution is 0.0486. The number of methoxy groups -OCH3 is 2. The molecule has 0 saturated heterocycles. The molecule has 3 aromatic carbocycles. The molecule has 0 bridgehead atoms. The smallest absolute Gasteiger partial charge is 0.219 e. The Hall–Kier alpha value is -3.53. The van der Waals surface area contributed by atoms with Gasteiger partial charge in [0, 0.05) is 17.7 Å². The van der Waals surface area contributed by atoms with Crippen molar-refractivity contribution < 1.29 is 19.0 Å². The van der Waals surface area contributed by atoms with Crippen LogP contribution in [0.4, 0.5) is 0 Å². The van der Waals surface area contributed by atoms with Gasteiger partial charge in [0.15, 0.2) is 0 Å². The largest absolute Gasteiger partial charge is 0.496 e. The summed E-state index contributed by atoms with van der Waals surface area (Å²) in [5.74, 6) is 0.872. The zero-order chi connectivity index (χ0) is 20.4. The number of rotatable bonds is 6. The Bertz CT molecular complexity index is 1040. The molecule has 146 valence electrons. The van der Waals surface area contributed by atoms with Crippen LogP contribution < -0.4 is 14.2 Å². The second-order valence-corrected chi connectivity index (χ2v) is 6.86. The average molecular weight is 386 g/mol. The average Bonchev–Trinajstić information content (AvgIpc) is 3.08. The summed E-state index contributed by atoms with van der Waals surface area (Å²) in [6.45, 7) is 4.04. The zero-order valence-corrected chi connectivity index (χ0v) is 16.4. The predicted octanol–water partition coefficient (Wildman–Crippen LogP) is 5.14. The minimum absolute atomic E-state index is 0.160. The van der Waals surface area contributed by atoms with E-state index in [1.54, 1.807) is 25.3 Å². The van der Waals surface area contributed by atoms with Crippen LogP contribution in [0.2, 0.25) is 0 Å². The quantitative estimate of drug-likeness (QED) is 0.550. The Morgan fingerprint density at radius 2 is 1.62 bits per heavy atom. The molecule has 0 saturated carbocycles. The first-order valence-corrected chi connectivity index (χ1v) is 9.38. The number of fused-ring (bicyclic) bond motifs is 1. The van der Waals surface area contributed by atoms with Gasteiger partial charge in [0.2, 0.25) is 11.4 Å². The number of carbonyl (C=O) groups is 1. The standard InChI is InChI=1S/C25H22O4/c1-4-20(17-11-7-5-8-12-17)25(18-13-9-6-10-14-18)24(26)23-21(28-3)15-19(27-2)16-22(23)29-25/h4-16,20H,1H2,2-3H3/t20?,25-/m0/s1. The van der Waals surface area contributed by atoms with Gasteiger partial charge in [-0.05, 0) is 5.56 Å². The molecule has 4 heteroatoms. The lowest BCUT2D eigenvalue weighted by atomic mass is 9.74. The zero-order valence-electron chi connectivity index (χ0n) is 16.4. The fourth-order valence-corrected chi connectivity index (χ4v) is 4.01. The summed E-state index contributed by atoms with van der Waals surface area (Å²) in [6.07, 6.45) is 1.77. The normalized spacial score (nSPS) is 18.5. The van der Waals surface area contributed by atoms with Gasteiger partial charge < -0.3 is 14.2 Å². The van der Waals surface area contributed by atoms with E-state index in [1.807, 2.05) is 60.7 Å². The topological polar surface area (TPSA) is 44.8 Å². The Balaban J connectivity index is 1.98. The van der Waals surface area contributed by atoms with Crippen LogP contribution in [0.5, 0.6) is 17.2 Å². The summed E-state index contributed by atoms with van der Waals surface area (Å²) in [6, 6.07) is 22.8. The van der Waals surface area contributed by atoms with E-state index < -0.39 is 11.5 Å². The number of hydrogen-bond acceptors (Lipinski definition) is 4. The summed E-state index contributed by atoms with van der Waals surface area (Å²) in [5.41, 5.74) is 0.834. The maximum atomic E-state index is 14.0. The molecule has 1 unspecified atom stereocenters. The van der Waals surface area contributed by atoms with Gasteiger partial charge in [0.05, 0.1) is 20.1 Å². The second-order valence-electron chi connectivity index (χ2n) is 6.86. The monoisotopic (exact) mass is 386 g/mol. The molecule has 0 fully saturated rings. The minimum Gasteiger partial charge on any atom is -0.496 e. The van der Waals surface area contributed by atoms with E-state index in [4.69, 9.17) is 14.2 Å². The number of benzene rings is 3. The van der Waals surface area contributed by atoms with Gasteiger partial charge in [-0.2, -0.15) is 0 Å². The van der Waals surface area contributed by atoms with Crippen molar-refractivity contribution in [2.24, 2.45) is 0 Å². The molecule has 0 aliphatic carbocycles. The van der Waals surface area contributed by atoms with Crippen LogP contribution in [0, 0.1) is 0 Å². The van der Waals surface area contributed by atoms with Gasteiger partial charge in [-0.15, -0.1) is 6.58 Å². The maximum Gasteiger partial charge on any atom is 0.219 e. The fraction of sp³-hybridized carbons (Fsp3) is 0.160. The number of Topliss-reactive ketones (excluding diaryl/α,β-unsaturated/α-hetero) is 1. The number of carbonyl (C=O) groups excluding carboxylic acids is 1. The molecule has 0 aromatic heterocycles. The molecule has 0 spiro atoms. The highest BCUT2D eigenvalue weighted by atomic mass is 16.5. The lowest BCUT2D eigenvalue weighted by Gasteiger charge is -2.34. The van der Waals surface area contributed by atoms with Gasteiger partial charge >= 0.3 is 0 Å². The molecule has 4 rings (SSSR count). The molecule has 1 aliphatic heterocycles. The molecule has 2 atom stereocenters. The Labute approximate surface area is 170 Å². The van der Waals surface area contributed by atoms with Crippen LogP contribution in [-0.2, 0) is 5.60 Å². The van der Waals surface area contributed by atoms with Crippen LogP contribution in [0.3, 0.4) is 0 Å². The van der Waals surface area contributed by atoms with E-state index in [9.17, 15) is 4.79 Å². The third kappa shape index (κ3) is 2.88. The van der Waals surface area contributed by atoms with E-state index in [0.717, 1.165) is 11.1 Å². The van der Waals surface area contributed by atoms with Crippen molar-refractivity contribution in [3.8, 4) is 17.2 Å². The van der Waals surface area contributed by atoms with E-state index in [1.165, 1.54) is 7.11 Å². The van der Waals surface area contributed by atoms with Gasteiger partial charge in [0.1, 0.15) is 22.8 Å². The van der Waals surface area contributed by atoms with E-state index >= 15 is 0 Å². The van der Waals surface area contributed by atoms with Gasteiger partial charge in [-0.1, -0.05) is 66.7 Å². The van der Waals surface area contributed by atoms with Crippen LogP contribution >= 0.6 is 0 Å². The summed E-state index contributed by atoms with van der Waals surface area (Å²) in [4.78, 5) is 14.0. The van der Waals surface area contributed by atoms with Crippen molar-refractivity contribution in [1.29, 1.82) is 0 Å². The SMILES string of the molecule is C=CC(c1ccccc1)[C@]1(c2ccccc2)Oc2cc(OC)cc(OC)c2C1=O. The van der Waals surface area contributed by atoms with Crippen molar-refractivity contribution in [2.75, 3.05) is 14.2 Å². The Morgan fingerprint density at radius 1 is 0.966 bits per heavy atom. The fourth-order valence-electron chi connectivity index (χ4n) is 4.01. The van der Waals surface area contributed by atoms with Crippen molar-refractivity contribution in [3.63, 3.8) is 0 Å². The summed E-state index contributed by atoms with van der Waals surface area (Å²) >= 11 is 0. The minimum atomic E-state index is -1.29. The van der Waals surface area contributed by atoms with Gasteiger partial charge in [0.25, 0.3) is 0 Å². The Kier molecular flexibility index (Phi) is 4.85. The lowest BCUT2D eigenvalue weighted by Crippen LogP contribution is -2.42. The highest BCUT2D eigenvalue weighted by Crippen LogP contribution is 2.53. The van der Waals surface area contributed by atoms with E-state index in [-0.39, 0.29) is 5.78 Å². The first-order chi connectivity index (χ1) is 14.2. The van der Waals surface area contributed by atoms with Crippen LogP contribution in [-0.4, -0.2) is 20.0 Å². The van der Waals surface area contributed by atoms with Gasteiger partial charge in [-0.3, -0.25) is 4.79 Å². The molecule has 0 amide bonds. The first-order valence-electron chi connectivity index (χ1n) is 9.38. The summed E-state index contributed by atoms with van der Waals surface area (Å²) in [5, 5.41) is 0. The Morgan fingerprint density at radius 3 is 2.21 bits per heavy atom. The highest BCUT2D eigenvalue weighted by Gasteiger charge is 2.55. The van der Waals surface area contributed by atoms with Crippen LogP contribution in [0.1, 0.15) is 27.4 Å². The molecule has 29 heavy (non-hydrogen) atoms. The van der Waals surface area contributed by atoms with Crippen molar-refractivity contribution in [3.05, 3.63) is 102 Å². The maximum absolute atomic E-state index is 14.0.